The normalized spacial score (nSPS) is 9.56. The van der Waals surface area contributed by atoms with E-state index in [1.165, 1.54) is 6.92 Å². The number of esters is 1. The van der Waals surface area contributed by atoms with Crippen LogP contribution in [0.2, 0.25) is 0 Å². The lowest BCUT2D eigenvalue weighted by molar-refractivity contribution is -0.385. The van der Waals surface area contributed by atoms with Gasteiger partial charge in [0, 0.05) is 11.6 Å². The number of hydrogen-bond acceptors (Lipinski definition) is 5. The van der Waals surface area contributed by atoms with E-state index in [2.05, 4.69) is 6.58 Å². The van der Waals surface area contributed by atoms with Crippen molar-refractivity contribution in [1.29, 1.82) is 0 Å². The van der Waals surface area contributed by atoms with Crippen molar-refractivity contribution in [3.8, 4) is 11.5 Å². The van der Waals surface area contributed by atoms with E-state index in [0.717, 1.165) is 18.2 Å². The van der Waals surface area contributed by atoms with Gasteiger partial charge in [0.25, 0.3) is 5.69 Å². The SMILES string of the molecule is C=C(C)C(=O)Oc1cc(O)cc([N+](=O)[O-])c1. The molecule has 0 atom stereocenters. The van der Waals surface area contributed by atoms with Gasteiger partial charge in [-0.15, -0.1) is 0 Å². The third-order valence-corrected chi connectivity index (χ3v) is 1.65. The Morgan fingerprint density at radius 2 is 2.12 bits per heavy atom. The van der Waals surface area contributed by atoms with Gasteiger partial charge in [-0.25, -0.2) is 4.79 Å². The lowest BCUT2D eigenvalue weighted by atomic mass is 10.3. The van der Waals surface area contributed by atoms with Gasteiger partial charge in [-0.2, -0.15) is 0 Å². The van der Waals surface area contributed by atoms with Gasteiger partial charge in [-0.1, -0.05) is 6.58 Å². The van der Waals surface area contributed by atoms with Crippen LogP contribution in [-0.4, -0.2) is 16.0 Å². The summed E-state index contributed by atoms with van der Waals surface area (Å²) in [5.41, 5.74) is -0.199. The van der Waals surface area contributed by atoms with E-state index in [9.17, 15) is 20.0 Å². The zero-order valence-electron chi connectivity index (χ0n) is 8.47. The summed E-state index contributed by atoms with van der Waals surface area (Å²) in [5, 5.41) is 19.6. The smallest absolute Gasteiger partial charge is 0.338 e. The van der Waals surface area contributed by atoms with Crippen LogP contribution in [0.5, 0.6) is 11.5 Å². The topological polar surface area (TPSA) is 89.7 Å². The molecule has 1 N–H and O–H groups in total. The van der Waals surface area contributed by atoms with Gasteiger partial charge in [0.05, 0.1) is 17.1 Å². The molecule has 0 aliphatic carbocycles. The van der Waals surface area contributed by atoms with Crippen molar-refractivity contribution in [3.63, 3.8) is 0 Å². The lowest BCUT2D eigenvalue weighted by Gasteiger charge is -2.03. The molecule has 0 bridgehead atoms. The van der Waals surface area contributed by atoms with Gasteiger partial charge >= 0.3 is 5.97 Å². The average molecular weight is 223 g/mol. The van der Waals surface area contributed by atoms with E-state index in [4.69, 9.17) is 4.74 Å². The fraction of sp³-hybridized carbons (Fsp3) is 0.100. The minimum absolute atomic E-state index is 0.0975. The van der Waals surface area contributed by atoms with Crippen molar-refractivity contribution >= 4 is 11.7 Å². The maximum atomic E-state index is 11.1. The molecule has 1 aromatic rings. The van der Waals surface area contributed by atoms with Crippen molar-refractivity contribution < 1.29 is 19.6 Å². The summed E-state index contributed by atoms with van der Waals surface area (Å²) in [4.78, 5) is 20.9. The Bertz CT molecular complexity index is 466. The standard InChI is InChI=1S/C10H9NO5/c1-6(2)10(13)16-9-4-7(11(14)15)3-8(12)5-9/h3-5,12H,1H2,2H3. The quantitative estimate of drug-likeness (QED) is 0.277. The summed E-state index contributed by atoms with van der Waals surface area (Å²) in [6.07, 6.45) is 0. The molecule has 0 saturated heterocycles. The first kappa shape index (κ1) is 11.7. The number of phenols is 1. The molecule has 1 aromatic carbocycles. The maximum Gasteiger partial charge on any atom is 0.338 e. The second-order valence-corrected chi connectivity index (χ2v) is 3.11. The van der Waals surface area contributed by atoms with Crippen LogP contribution in [0.3, 0.4) is 0 Å². The monoisotopic (exact) mass is 223 g/mol. The van der Waals surface area contributed by atoms with Crippen LogP contribution in [0.1, 0.15) is 6.92 Å². The van der Waals surface area contributed by atoms with Crippen molar-refractivity contribution in [2.75, 3.05) is 0 Å². The van der Waals surface area contributed by atoms with E-state index in [0.29, 0.717) is 0 Å². The summed E-state index contributed by atoms with van der Waals surface area (Å²) in [7, 11) is 0. The molecule has 84 valence electrons. The van der Waals surface area contributed by atoms with Crippen LogP contribution in [0.25, 0.3) is 0 Å². The Kier molecular flexibility index (Phi) is 3.24. The van der Waals surface area contributed by atoms with Crippen LogP contribution in [0.15, 0.2) is 30.4 Å². The largest absolute Gasteiger partial charge is 0.508 e. The third kappa shape index (κ3) is 2.81. The summed E-state index contributed by atoms with van der Waals surface area (Å²) < 4.78 is 4.74. The van der Waals surface area contributed by atoms with Gasteiger partial charge < -0.3 is 9.84 Å². The number of ether oxygens (including phenoxy) is 1. The summed E-state index contributed by atoms with van der Waals surface area (Å²) in [6.45, 7) is 4.80. The number of nitrogens with zero attached hydrogens (tertiary/aromatic N) is 1. The molecular formula is C10H9NO5. The number of nitro benzene ring substituents is 1. The highest BCUT2D eigenvalue weighted by Gasteiger charge is 2.13. The van der Waals surface area contributed by atoms with E-state index >= 15 is 0 Å². The molecular weight excluding hydrogens is 214 g/mol. The van der Waals surface area contributed by atoms with Crippen molar-refractivity contribution in [1.82, 2.24) is 0 Å². The zero-order valence-corrected chi connectivity index (χ0v) is 8.47. The number of carbonyl (C=O) groups is 1. The minimum Gasteiger partial charge on any atom is -0.508 e. The van der Waals surface area contributed by atoms with Gasteiger partial charge in [0.15, 0.2) is 0 Å². The number of nitro groups is 1. The number of benzene rings is 1. The molecule has 0 radical (unpaired) electrons. The number of non-ortho nitro benzene ring substituents is 1. The minimum atomic E-state index is -0.708. The average Bonchev–Trinajstić information content (AvgIpc) is 2.16. The van der Waals surface area contributed by atoms with Crippen molar-refractivity contribution in [2.24, 2.45) is 0 Å². The van der Waals surface area contributed by atoms with E-state index in [1.54, 1.807) is 0 Å². The molecule has 1 rings (SSSR count). The maximum absolute atomic E-state index is 11.1. The number of aromatic hydroxyl groups is 1. The lowest BCUT2D eigenvalue weighted by Crippen LogP contribution is -2.08. The number of rotatable bonds is 3. The van der Waals surface area contributed by atoms with E-state index in [-0.39, 0.29) is 22.8 Å². The second-order valence-electron chi connectivity index (χ2n) is 3.11. The summed E-state index contributed by atoms with van der Waals surface area (Å²) in [5.74, 6) is -1.15. The first-order chi connectivity index (χ1) is 7.40. The summed E-state index contributed by atoms with van der Waals surface area (Å²) in [6, 6.07) is 3.10. The Hall–Kier alpha value is -2.37. The molecule has 0 spiro atoms. The molecule has 0 unspecified atom stereocenters. The van der Waals surface area contributed by atoms with E-state index < -0.39 is 10.9 Å². The van der Waals surface area contributed by atoms with E-state index in [1.807, 2.05) is 0 Å². The van der Waals surface area contributed by atoms with Gasteiger partial charge in [0.2, 0.25) is 0 Å². The molecule has 0 amide bonds. The number of carbonyl (C=O) groups excluding carboxylic acids is 1. The Labute approximate surface area is 90.9 Å². The second kappa shape index (κ2) is 4.43. The predicted octanol–water partition coefficient (Wildman–Crippen LogP) is 1.78. The van der Waals surface area contributed by atoms with Gasteiger partial charge in [-0.3, -0.25) is 10.1 Å². The highest BCUT2D eigenvalue weighted by atomic mass is 16.6. The van der Waals surface area contributed by atoms with Gasteiger partial charge in [-0.05, 0) is 6.92 Å². The predicted molar refractivity (Wildman–Crippen MR) is 55.2 cm³/mol. The Balaban J connectivity index is 3.01. The van der Waals surface area contributed by atoms with Crippen molar-refractivity contribution in [2.45, 2.75) is 6.92 Å². The molecule has 0 aliphatic heterocycles. The third-order valence-electron chi connectivity index (χ3n) is 1.65. The highest BCUT2D eigenvalue weighted by Crippen LogP contribution is 2.26. The molecule has 0 aliphatic rings. The van der Waals surface area contributed by atoms with Gasteiger partial charge in [0.1, 0.15) is 11.5 Å². The van der Waals surface area contributed by atoms with Crippen LogP contribution in [0.4, 0.5) is 5.69 Å². The molecule has 0 fully saturated rings. The molecule has 16 heavy (non-hydrogen) atoms. The van der Waals surface area contributed by atoms with Crippen LogP contribution >= 0.6 is 0 Å². The first-order valence-electron chi connectivity index (χ1n) is 4.26. The number of hydrogen-bond donors (Lipinski definition) is 1. The zero-order chi connectivity index (χ0) is 12.3. The fourth-order valence-electron chi connectivity index (χ4n) is 0.927. The highest BCUT2D eigenvalue weighted by molar-refractivity contribution is 5.88. The molecule has 6 nitrogen and oxygen atoms in total. The van der Waals surface area contributed by atoms with Crippen LogP contribution in [-0.2, 0) is 4.79 Å². The summed E-state index contributed by atoms with van der Waals surface area (Å²) >= 11 is 0. The molecule has 6 heteroatoms. The van der Waals surface area contributed by atoms with Crippen molar-refractivity contribution in [3.05, 3.63) is 40.5 Å². The molecule has 0 aromatic heterocycles. The fourth-order valence-corrected chi connectivity index (χ4v) is 0.927. The number of phenolic OH excluding ortho intramolecular Hbond substituents is 1. The Morgan fingerprint density at radius 1 is 1.50 bits per heavy atom. The van der Waals surface area contributed by atoms with Crippen LogP contribution < -0.4 is 4.74 Å². The first-order valence-corrected chi connectivity index (χ1v) is 4.26. The Morgan fingerprint density at radius 3 is 2.62 bits per heavy atom. The molecule has 0 heterocycles. The van der Waals surface area contributed by atoms with Crippen LogP contribution in [0, 0.1) is 10.1 Å². The molecule has 0 saturated carbocycles.